The van der Waals surface area contributed by atoms with E-state index in [1.54, 1.807) is 0 Å². The molecule has 5 unspecified atom stereocenters. The van der Waals surface area contributed by atoms with Crippen molar-refractivity contribution >= 4 is 0 Å². The first-order valence-electron chi connectivity index (χ1n) is 8.17. The van der Waals surface area contributed by atoms with Crippen molar-refractivity contribution in [3.63, 3.8) is 0 Å². The van der Waals surface area contributed by atoms with Gasteiger partial charge in [0.15, 0.2) is 0 Å². The molecule has 1 heterocycles. The highest BCUT2D eigenvalue weighted by atomic mass is 15.3. The number of hydrogen-bond donors (Lipinski definition) is 1. The van der Waals surface area contributed by atoms with E-state index in [2.05, 4.69) is 31.0 Å². The predicted octanol–water partition coefficient (Wildman–Crippen LogP) is 3.03. The zero-order valence-corrected chi connectivity index (χ0v) is 12.4. The van der Waals surface area contributed by atoms with Gasteiger partial charge < -0.3 is 5.32 Å². The molecular weight excluding hydrogens is 220 g/mol. The van der Waals surface area contributed by atoms with Gasteiger partial charge in [-0.3, -0.25) is 4.90 Å². The summed E-state index contributed by atoms with van der Waals surface area (Å²) < 4.78 is 0. The number of nitrogens with zero attached hydrogens (tertiary/aromatic N) is 1. The van der Waals surface area contributed by atoms with Crippen molar-refractivity contribution in [3.8, 4) is 0 Å². The second-order valence-corrected chi connectivity index (χ2v) is 7.25. The highest BCUT2D eigenvalue weighted by Crippen LogP contribution is 2.35. The van der Waals surface area contributed by atoms with Gasteiger partial charge in [-0.1, -0.05) is 26.7 Å². The fourth-order valence-corrected chi connectivity index (χ4v) is 4.21. The van der Waals surface area contributed by atoms with Gasteiger partial charge in [-0.2, -0.15) is 0 Å². The van der Waals surface area contributed by atoms with E-state index >= 15 is 0 Å². The molecule has 0 aromatic carbocycles. The summed E-state index contributed by atoms with van der Waals surface area (Å²) in [7, 11) is 0. The van der Waals surface area contributed by atoms with Crippen LogP contribution in [-0.4, -0.2) is 35.6 Å². The Bertz CT molecular complexity index is 287. The third kappa shape index (κ3) is 2.60. The van der Waals surface area contributed by atoms with Crippen molar-refractivity contribution in [2.75, 3.05) is 6.54 Å². The van der Waals surface area contributed by atoms with E-state index in [0.717, 1.165) is 36.0 Å². The molecule has 1 aliphatic heterocycles. The Morgan fingerprint density at radius 1 is 1.00 bits per heavy atom. The maximum absolute atomic E-state index is 4.00. The Labute approximate surface area is 113 Å². The molecule has 0 aromatic rings. The summed E-state index contributed by atoms with van der Waals surface area (Å²) in [4.78, 5) is 2.76. The summed E-state index contributed by atoms with van der Waals surface area (Å²) in [5.41, 5.74) is 0. The van der Waals surface area contributed by atoms with E-state index in [4.69, 9.17) is 0 Å². The topological polar surface area (TPSA) is 15.3 Å². The molecule has 0 radical (unpaired) electrons. The number of hydrogen-bond acceptors (Lipinski definition) is 2. The number of nitrogens with one attached hydrogen (secondary N) is 1. The highest BCUT2D eigenvalue weighted by Gasteiger charge is 2.40. The number of likely N-dealkylation sites (tertiary alicyclic amines) is 1. The zero-order valence-electron chi connectivity index (χ0n) is 12.4. The average molecular weight is 250 g/mol. The molecule has 0 aromatic heterocycles. The van der Waals surface area contributed by atoms with Crippen LogP contribution in [0.25, 0.3) is 0 Å². The van der Waals surface area contributed by atoms with Crippen molar-refractivity contribution < 1.29 is 0 Å². The molecule has 0 bridgehead atoms. The predicted molar refractivity (Wildman–Crippen MR) is 76.7 cm³/mol. The molecule has 5 atom stereocenters. The summed E-state index contributed by atoms with van der Waals surface area (Å²) in [5, 5.41) is 4.00. The lowest BCUT2D eigenvalue weighted by Gasteiger charge is -2.36. The first-order valence-corrected chi connectivity index (χ1v) is 8.17. The lowest BCUT2D eigenvalue weighted by molar-refractivity contribution is 0.191. The standard InChI is InChI=1S/C16H30N2/c1-11-5-4-6-16(13(11)3)17-14-9-12(2)18(10-14)15-7-8-15/h11-17H,4-10H2,1-3H3. The lowest BCUT2D eigenvalue weighted by atomic mass is 9.78. The summed E-state index contributed by atoms with van der Waals surface area (Å²) in [5.74, 6) is 1.78. The van der Waals surface area contributed by atoms with Gasteiger partial charge in [0, 0.05) is 30.7 Å². The molecule has 18 heavy (non-hydrogen) atoms. The highest BCUT2D eigenvalue weighted by molar-refractivity contribution is 4.97. The SMILES string of the molecule is CC1CCCC(NC2CC(C)N(C3CC3)C2)C1C. The van der Waals surface area contributed by atoms with E-state index in [9.17, 15) is 0 Å². The maximum Gasteiger partial charge on any atom is 0.0212 e. The molecule has 2 saturated carbocycles. The Balaban J connectivity index is 1.53. The van der Waals surface area contributed by atoms with Gasteiger partial charge in [0.25, 0.3) is 0 Å². The van der Waals surface area contributed by atoms with Crippen LogP contribution < -0.4 is 5.32 Å². The van der Waals surface area contributed by atoms with Gasteiger partial charge in [0.2, 0.25) is 0 Å². The van der Waals surface area contributed by atoms with Gasteiger partial charge in [-0.05, 0) is 44.4 Å². The summed E-state index contributed by atoms with van der Waals surface area (Å²) in [6.45, 7) is 8.63. The third-order valence-corrected chi connectivity index (χ3v) is 5.80. The van der Waals surface area contributed by atoms with Crippen LogP contribution in [-0.2, 0) is 0 Å². The summed E-state index contributed by atoms with van der Waals surface area (Å²) in [6, 6.07) is 3.30. The maximum atomic E-state index is 4.00. The molecule has 3 aliphatic rings. The molecule has 3 fully saturated rings. The minimum Gasteiger partial charge on any atom is -0.310 e. The zero-order chi connectivity index (χ0) is 12.7. The molecule has 3 rings (SSSR count). The summed E-state index contributed by atoms with van der Waals surface area (Å²) >= 11 is 0. The first kappa shape index (κ1) is 12.9. The van der Waals surface area contributed by atoms with Crippen LogP contribution in [0, 0.1) is 11.8 Å². The molecule has 2 heteroatoms. The molecule has 2 aliphatic carbocycles. The molecule has 2 nitrogen and oxygen atoms in total. The fraction of sp³-hybridized carbons (Fsp3) is 1.00. The average Bonchev–Trinajstić information content (AvgIpc) is 3.10. The van der Waals surface area contributed by atoms with Crippen LogP contribution in [0.2, 0.25) is 0 Å². The van der Waals surface area contributed by atoms with Crippen molar-refractivity contribution in [1.82, 2.24) is 10.2 Å². The second-order valence-electron chi connectivity index (χ2n) is 7.25. The fourth-order valence-electron chi connectivity index (χ4n) is 4.21. The van der Waals surface area contributed by atoms with E-state index in [1.165, 1.54) is 45.1 Å². The van der Waals surface area contributed by atoms with Gasteiger partial charge >= 0.3 is 0 Å². The Kier molecular flexibility index (Phi) is 3.68. The Hall–Kier alpha value is -0.0800. The van der Waals surface area contributed by atoms with Crippen molar-refractivity contribution in [3.05, 3.63) is 0 Å². The molecule has 0 spiro atoms. The third-order valence-electron chi connectivity index (χ3n) is 5.80. The smallest absolute Gasteiger partial charge is 0.0212 e. The monoisotopic (exact) mass is 250 g/mol. The van der Waals surface area contributed by atoms with Gasteiger partial charge in [-0.15, -0.1) is 0 Å². The molecule has 104 valence electrons. The van der Waals surface area contributed by atoms with Gasteiger partial charge in [-0.25, -0.2) is 0 Å². The quantitative estimate of drug-likeness (QED) is 0.828. The van der Waals surface area contributed by atoms with Crippen LogP contribution >= 0.6 is 0 Å². The molecule has 1 N–H and O–H groups in total. The van der Waals surface area contributed by atoms with Crippen LogP contribution in [0.5, 0.6) is 0 Å². The van der Waals surface area contributed by atoms with E-state index in [0.29, 0.717) is 0 Å². The second kappa shape index (κ2) is 5.13. The molecular formula is C16H30N2. The minimum absolute atomic E-state index is 0.762. The van der Waals surface area contributed by atoms with Gasteiger partial charge in [0.05, 0.1) is 0 Å². The van der Waals surface area contributed by atoms with Crippen LogP contribution in [0.3, 0.4) is 0 Å². The van der Waals surface area contributed by atoms with Crippen molar-refractivity contribution in [2.45, 2.75) is 83.5 Å². The van der Waals surface area contributed by atoms with Gasteiger partial charge in [0.1, 0.15) is 0 Å². The largest absolute Gasteiger partial charge is 0.310 e. The molecule has 1 saturated heterocycles. The van der Waals surface area contributed by atoms with Crippen LogP contribution in [0.15, 0.2) is 0 Å². The lowest BCUT2D eigenvalue weighted by Crippen LogP contribution is -2.46. The van der Waals surface area contributed by atoms with Crippen LogP contribution in [0.4, 0.5) is 0 Å². The van der Waals surface area contributed by atoms with Crippen LogP contribution in [0.1, 0.15) is 59.3 Å². The number of rotatable bonds is 3. The van der Waals surface area contributed by atoms with Crippen molar-refractivity contribution in [1.29, 1.82) is 0 Å². The minimum atomic E-state index is 0.762. The van der Waals surface area contributed by atoms with E-state index in [1.807, 2.05) is 0 Å². The van der Waals surface area contributed by atoms with Crippen molar-refractivity contribution in [2.24, 2.45) is 11.8 Å². The normalized spacial score (nSPS) is 46.5. The van der Waals surface area contributed by atoms with E-state index in [-0.39, 0.29) is 0 Å². The Morgan fingerprint density at radius 3 is 2.50 bits per heavy atom. The summed E-state index contributed by atoms with van der Waals surface area (Å²) in [6.07, 6.45) is 8.54. The van der Waals surface area contributed by atoms with E-state index < -0.39 is 0 Å². The first-order chi connectivity index (χ1) is 8.65. The molecule has 0 amide bonds. The Morgan fingerprint density at radius 2 is 1.78 bits per heavy atom.